The van der Waals surface area contributed by atoms with Gasteiger partial charge in [-0.1, -0.05) is 109 Å². The van der Waals surface area contributed by atoms with Gasteiger partial charge >= 0.3 is 11.9 Å². The number of methoxy groups -OCH3 is 2. The van der Waals surface area contributed by atoms with Gasteiger partial charge in [-0.15, -0.1) is 18.9 Å². The van der Waals surface area contributed by atoms with Crippen LogP contribution in [0, 0.1) is 12.3 Å². The molecular formula is C61H92O15. The van der Waals surface area contributed by atoms with Gasteiger partial charge in [-0.05, 0) is 64.2 Å². The molecule has 0 bridgehead atoms. The van der Waals surface area contributed by atoms with Crippen molar-refractivity contribution < 1.29 is 73.1 Å². The smallest absolute Gasteiger partial charge is 0.302 e. The number of esters is 2. The molecule has 0 fully saturated rings. The number of phenolic OH excluding ortho intramolecular Hbond substituents is 1. The van der Waals surface area contributed by atoms with Crippen LogP contribution in [0.1, 0.15) is 209 Å². The Bertz CT molecular complexity index is 2120. The lowest BCUT2D eigenvalue weighted by Crippen LogP contribution is -2.43. The molecule has 0 spiro atoms. The van der Waals surface area contributed by atoms with Crippen LogP contribution in [0.2, 0.25) is 0 Å². The fourth-order valence-corrected chi connectivity index (χ4v) is 9.45. The van der Waals surface area contributed by atoms with Gasteiger partial charge < -0.3 is 58.7 Å². The van der Waals surface area contributed by atoms with Crippen LogP contribution < -0.4 is 23.7 Å². The monoisotopic (exact) mass is 1060 g/mol. The van der Waals surface area contributed by atoms with Crippen molar-refractivity contribution >= 4 is 23.8 Å². The number of Topliss-reactive ketones (excluding diaryl/α,β-unsaturated/α-hetero) is 1. The summed E-state index contributed by atoms with van der Waals surface area (Å²) < 4.78 is 38.2. The van der Waals surface area contributed by atoms with Crippen LogP contribution in [0.4, 0.5) is 0 Å². The summed E-state index contributed by atoms with van der Waals surface area (Å²) in [5.41, 5.74) is 0.930. The molecule has 3 heterocycles. The molecule has 3 aliphatic rings. The number of aromatic hydroxyl groups is 1. The van der Waals surface area contributed by atoms with E-state index in [0.717, 1.165) is 44.9 Å². The molecule has 0 aromatic heterocycles. The molecule has 15 heteroatoms. The number of carbonyl (C=O) groups is 3. The lowest BCUT2D eigenvalue weighted by molar-refractivity contribution is -0.145. The average Bonchev–Trinajstić information content (AvgIpc) is 3.38. The number of fused-ring (bicyclic) bond motifs is 6. The van der Waals surface area contributed by atoms with Crippen LogP contribution in [0.15, 0.2) is 36.9 Å². The first-order valence-corrected chi connectivity index (χ1v) is 27.9. The maximum Gasteiger partial charge on any atom is 0.302 e. The van der Waals surface area contributed by atoms with Gasteiger partial charge in [0.2, 0.25) is 0 Å². The maximum absolute atomic E-state index is 13.6. The van der Waals surface area contributed by atoms with Crippen LogP contribution in [0.25, 0.3) is 6.08 Å². The Morgan fingerprint density at radius 1 is 0.737 bits per heavy atom. The van der Waals surface area contributed by atoms with E-state index in [0.29, 0.717) is 52.7 Å². The fourth-order valence-electron chi connectivity index (χ4n) is 9.45. The number of carbonyl (C=O) groups excluding carboxylic acids is 3. The minimum Gasteiger partial charge on any atom is -0.507 e. The van der Waals surface area contributed by atoms with Gasteiger partial charge in [0.15, 0.2) is 17.3 Å². The van der Waals surface area contributed by atoms with Crippen LogP contribution in [-0.2, 0) is 19.1 Å². The van der Waals surface area contributed by atoms with Crippen molar-refractivity contribution in [3.05, 3.63) is 53.6 Å². The second-order valence-corrected chi connectivity index (χ2v) is 20.8. The highest BCUT2D eigenvalue weighted by atomic mass is 16.6. The van der Waals surface area contributed by atoms with Crippen molar-refractivity contribution in [2.24, 2.45) is 0 Å². The van der Waals surface area contributed by atoms with E-state index >= 15 is 0 Å². The van der Waals surface area contributed by atoms with E-state index in [2.05, 4.69) is 12.5 Å². The Hall–Kier alpha value is -5.27. The number of phenols is 1. The highest BCUT2D eigenvalue weighted by Crippen LogP contribution is 2.52. The van der Waals surface area contributed by atoms with Gasteiger partial charge in [-0.2, -0.15) is 0 Å². The molecule has 76 heavy (non-hydrogen) atoms. The molecule has 0 saturated heterocycles. The van der Waals surface area contributed by atoms with Crippen molar-refractivity contribution in [1.29, 1.82) is 0 Å². The number of ether oxygens (including phenoxy) is 7. The van der Waals surface area contributed by atoms with E-state index in [1.165, 1.54) is 110 Å². The predicted molar refractivity (Wildman–Crippen MR) is 296 cm³/mol. The quantitative estimate of drug-likeness (QED) is 0.0194. The lowest BCUT2D eigenvalue weighted by Gasteiger charge is -2.39. The molecule has 0 aliphatic carbocycles. The Kier molecular flexibility index (Phi) is 30.7. The number of hydrogen-bond acceptors (Lipinski definition) is 15. The maximum atomic E-state index is 13.6. The van der Waals surface area contributed by atoms with E-state index < -0.39 is 54.0 Å². The molecule has 15 nitrogen and oxygen atoms in total. The zero-order valence-electron chi connectivity index (χ0n) is 46.6. The Balaban J connectivity index is 0.000000306. The highest BCUT2D eigenvalue weighted by Gasteiger charge is 2.46. The van der Waals surface area contributed by atoms with Gasteiger partial charge in [0.1, 0.15) is 60.1 Å². The molecule has 6 unspecified atom stereocenters. The van der Waals surface area contributed by atoms with Gasteiger partial charge in [0, 0.05) is 50.8 Å². The largest absolute Gasteiger partial charge is 0.507 e. The number of unbranched alkanes of at least 4 members (excludes halogenated alkanes) is 18. The van der Waals surface area contributed by atoms with Crippen molar-refractivity contribution in [3.8, 4) is 46.8 Å². The Morgan fingerprint density at radius 2 is 1.22 bits per heavy atom. The summed E-state index contributed by atoms with van der Waals surface area (Å²) in [4.78, 5) is 34.8. The third kappa shape index (κ3) is 24.0. The molecule has 0 radical (unpaired) electrons. The summed E-state index contributed by atoms with van der Waals surface area (Å²) in [6, 6.07) is 4.92. The van der Waals surface area contributed by atoms with Gasteiger partial charge in [-0.3, -0.25) is 14.4 Å². The second kappa shape index (κ2) is 35.9. The van der Waals surface area contributed by atoms with E-state index in [9.17, 15) is 39.9 Å². The molecule has 5 N–H and O–H groups in total. The summed E-state index contributed by atoms with van der Waals surface area (Å²) in [5.74, 6) is 3.20. The van der Waals surface area contributed by atoms with Crippen LogP contribution in [0.3, 0.4) is 0 Å². The molecule has 2 aromatic rings. The minimum atomic E-state index is -0.775. The first-order valence-electron chi connectivity index (χ1n) is 27.9. The lowest BCUT2D eigenvalue weighted by atomic mass is 9.80. The Morgan fingerprint density at radius 3 is 1.71 bits per heavy atom. The number of aliphatic hydroxyl groups excluding tert-OH is 4. The number of terminal acetylenes is 1. The number of benzene rings is 2. The van der Waals surface area contributed by atoms with E-state index in [4.69, 9.17) is 39.6 Å². The summed E-state index contributed by atoms with van der Waals surface area (Å²) in [6.45, 7) is 10.3. The summed E-state index contributed by atoms with van der Waals surface area (Å²) >= 11 is 0. The van der Waals surface area contributed by atoms with Crippen molar-refractivity contribution in [2.75, 3.05) is 34.0 Å². The van der Waals surface area contributed by atoms with E-state index in [1.54, 1.807) is 19.2 Å². The number of ketones is 1. The first kappa shape index (κ1) is 65.0. The number of allylic oxidation sites excluding steroid dienone is 1. The van der Waals surface area contributed by atoms with E-state index in [-0.39, 0.29) is 49.8 Å². The van der Waals surface area contributed by atoms with Crippen LogP contribution in [0.5, 0.6) is 34.5 Å². The zero-order chi connectivity index (χ0) is 55.9. The summed E-state index contributed by atoms with van der Waals surface area (Å²) in [5, 5.41) is 49.5. The minimum absolute atomic E-state index is 0.0286. The van der Waals surface area contributed by atoms with Crippen molar-refractivity contribution in [2.45, 2.75) is 224 Å². The topological polar surface area (TPSA) is 217 Å². The molecule has 0 saturated carbocycles. The highest BCUT2D eigenvalue weighted by molar-refractivity contribution is 6.08. The van der Waals surface area contributed by atoms with Gasteiger partial charge in [0.25, 0.3) is 0 Å². The second-order valence-electron chi connectivity index (χ2n) is 20.8. The molecule has 426 valence electrons. The molecule has 2 aromatic carbocycles. The number of hydrogen-bond donors (Lipinski definition) is 5. The Labute approximate surface area is 453 Å². The van der Waals surface area contributed by atoms with Crippen LogP contribution in [-0.4, -0.2) is 113 Å². The average molecular weight is 1070 g/mol. The standard InChI is InChI=1S/C23H22O7.C19H36O4.C19H34O4/c1-23(2)6-5-11-15(30-23)8-13(24)20-21(25)19-12-7-16(26-3)17(27-4)9-14(12)28-10-18(19)29-22(11)20;2*1-3-4-5-6-7-8-9-10-11-12-13-14-18(21)15-19(22)16-23-17(2)20/h5-9,18-19,24H,10H2,1-4H3;3,18-19,21-22H,1,4-16H2,2H3;1,18-19,21-22H,4-16H2,2H3. The predicted octanol–water partition coefficient (Wildman–Crippen LogP) is 11.4. The number of aliphatic hydroxyl groups is 4. The first-order chi connectivity index (χ1) is 36.4. The van der Waals surface area contributed by atoms with Crippen molar-refractivity contribution in [1.82, 2.24) is 0 Å². The molecular weight excluding hydrogens is 973 g/mol. The fraction of sp³-hybridized carbons (Fsp3) is 0.656. The molecule has 5 rings (SSSR count). The van der Waals surface area contributed by atoms with Crippen molar-refractivity contribution in [3.63, 3.8) is 0 Å². The zero-order valence-corrected chi connectivity index (χ0v) is 46.6. The summed E-state index contributed by atoms with van der Waals surface area (Å²) in [6.07, 6.45) is 33.8. The van der Waals surface area contributed by atoms with Crippen LogP contribution >= 0.6 is 0 Å². The number of rotatable bonds is 33. The third-order valence-electron chi connectivity index (χ3n) is 13.6. The third-order valence-corrected chi connectivity index (χ3v) is 13.6. The molecule has 3 aliphatic heterocycles. The SMILES string of the molecule is C#CCCCCCCCCCCCC(O)CC(O)COC(C)=O.C=CCCCCCCCCCCCC(O)CC(O)COC(C)=O.COc1cc2c(cc1OC)C1C(=O)c3c(O)cc4c(c3OC1CO2)C=CC(C)(C)O4. The molecule has 6 atom stereocenters. The van der Waals surface area contributed by atoms with Gasteiger partial charge in [-0.25, -0.2) is 0 Å². The normalized spacial score (nSPS) is 16.9. The summed E-state index contributed by atoms with van der Waals surface area (Å²) in [7, 11) is 3.07. The molecule has 0 amide bonds. The van der Waals surface area contributed by atoms with E-state index in [1.807, 2.05) is 32.1 Å². The van der Waals surface area contributed by atoms with Gasteiger partial charge in [0.05, 0.1) is 50.1 Å².